The van der Waals surface area contributed by atoms with Gasteiger partial charge in [0.1, 0.15) is 0 Å². The summed E-state index contributed by atoms with van der Waals surface area (Å²) in [6.45, 7) is 0. The summed E-state index contributed by atoms with van der Waals surface area (Å²) in [5.74, 6) is 0. The van der Waals surface area contributed by atoms with Crippen LogP contribution in [0.5, 0.6) is 0 Å². The minimum absolute atomic E-state index is 1.16. The molecule has 9 rings (SSSR count). The molecule has 0 aliphatic heterocycles. The summed E-state index contributed by atoms with van der Waals surface area (Å²) in [5.41, 5.74) is 13.5. The summed E-state index contributed by atoms with van der Waals surface area (Å²) in [6.07, 6.45) is 0. The Balaban J connectivity index is 1.12. The molecule has 9 aromatic rings. The maximum Gasteiger partial charge on any atom is 0.0541 e. The van der Waals surface area contributed by atoms with Gasteiger partial charge < -0.3 is 9.13 Å². The van der Waals surface area contributed by atoms with E-state index >= 15 is 0 Å². The first kappa shape index (κ1) is 25.6. The SMILES string of the molecule is Cn1c2ccccc2c2cc(-c3ccc4c(c3)c3ccccc3n4-c3ccc(-c4ccc(-c5ccccc5)cc4)cc3)ccc21. The summed E-state index contributed by atoms with van der Waals surface area (Å²) >= 11 is 0. The van der Waals surface area contributed by atoms with E-state index in [1.165, 1.54) is 77.0 Å². The van der Waals surface area contributed by atoms with Crippen LogP contribution >= 0.6 is 0 Å². The van der Waals surface area contributed by atoms with Crippen molar-refractivity contribution in [2.24, 2.45) is 7.05 Å². The molecule has 0 radical (unpaired) electrons. The van der Waals surface area contributed by atoms with Gasteiger partial charge in [-0.3, -0.25) is 0 Å². The van der Waals surface area contributed by atoms with Gasteiger partial charge in [-0.1, -0.05) is 115 Å². The van der Waals surface area contributed by atoms with Crippen molar-refractivity contribution in [1.82, 2.24) is 9.13 Å². The standard InChI is InChI=1S/C43H30N2/c1-44-40-13-7-5-11-36(40)38-27-33(21-25-41(38)44)34-22-26-43-39(28-34)37-12-6-8-14-42(37)45(43)35-23-19-32(20-24-35)31-17-15-30(16-18-31)29-9-3-2-4-10-29/h2-28H,1H3. The molecule has 7 aromatic carbocycles. The highest BCUT2D eigenvalue weighted by Gasteiger charge is 2.15. The third kappa shape index (κ3) is 4.11. The van der Waals surface area contributed by atoms with Crippen molar-refractivity contribution in [1.29, 1.82) is 0 Å². The van der Waals surface area contributed by atoms with Crippen LogP contribution in [-0.4, -0.2) is 9.13 Å². The molecule has 2 heteroatoms. The summed E-state index contributed by atoms with van der Waals surface area (Å²) in [4.78, 5) is 0. The number of rotatable bonds is 4. The van der Waals surface area contributed by atoms with Gasteiger partial charge in [0.15, 0.2) is 0 Å². The van der Waals surface area contributed by atoms with Gasteiger partial charge in [0.05, 0.1) is 11.0 Å². The minimum Gasteiger partial charge on any atom is -0.344 e. The molecule has 45 heavy (non-hydrogen) atoms. The number of hydrogen-bond acceptors (Lipinski definition) is 0. The van der Waals surface area contributed by atoms with Crippen LogP contribution in [0.25, 0.3) is 82.7 Å². The molecule has 0 atom stereocenters. The van der Waals surface area contributed by atoms with E-state index in [0.29, 0.717) is 0 Å². The van der Waals surface area contributed by atoms with Crippen LogP contribution in [0.3, 0.4) is 0 Å². The molecule has 0 fully saturated rings. The van der Waals surface area contributed by atoms with E-state index in [1.54, 1.807) is 0 Å². The maximum atomic E-state index is 2.39. The van der Waals surface area contributed by atoms with Gasteiger partial charge in [0.25, 0.3) is 0 Å². The lowest BCUT2D eigenvalue weighted by molar-refractivity contribution is 1.01. The maximum absolute atomic E-state index is 2.39. The fraction of sp³-hybridized carbons (Fsp3) is 0.0233. The number of aryl methyl sites for hydroxylation is 1. The van der Waals surface area contributed by atoms with Crippen LogP contribution in [0.2, 0.25) is 0 Å². The Morgan fingerprint density at radius 3 is 1.36 bits per heavy atom. The highest BCUT2D eigenvalue weighted by molar-refractivity contribution is 6.12. The zero-order valence-corrected chi connectivity index (χ0v) is 25.0. The second kappa shape index (κ2) is 10.1. The first-order chi connectivity index (χ1) is 22.2. The van der Waals surface area contributed by atoms with Crippen LogP contribution in [0, 0.1) is 0 Å². The van der Waals surface area contributed by atoms with Crippen LogP contribution in [-0.2, 0) is 7.05 Å². The molecule has 0 unspecified atom stereocenters. The van der Waals surface area contributed by atoms with E-state index in [9.17, 15) is 0 Å². The Kier molecular flexibility index (Phi) is 5.76. The molecule has 0 bridgehead atoms. The lowest BCUT2D eigenvalue weighted by Crippen LogP contribution is -1.93. The van der Waals surface area contributed by atoms with Gasteiger partial charge in [-0.2, -0.15) is 0 Å². The molecule has 0 spiro atoms. The zero-order valence-electron chi connectivity index (χ0n) is 25.0. The van der Waals surface area contributed by atoms with Crippen molar-refractivity contribution in [3.05, 3.63) is 164 Å². The molecule has 2 heterocycles. The van der Waals surface area contributed by atoms with E-state index < -0.39 is 0 Å². The highest BCUT2D eigenvalue weighted by Crippen LogP contribution is 2.37. The van der Waals surface area contributed by atoms with Crippen molar-refractivity contribution >= 4 is 43.6 Å². The second-order valence-electron chi connectivity index (χ2n) is 11.9. The van der Waals surface area contributed by atoms with Gasteiger partial charge >= 0.3 is 0 Å². The van der Waals surface area contributed by atoms with Crippen LogP contribution in [0.1, 0.15) is 0 Å². The van der Waals surface area contributed by atoms with Crippen molar-refractivity contribution in [3.63, 3.8) is 0 Å². The molecular formula is C43H30N2. The van der Waals surface area contributed by atoms with Gasteiger partial charge in [-0.15, -0.1) is 0 Å². The Hall–Kier alpha value is -5.86. The van der Waals surface area contributed by atoms with Gasteiger partial charge in [-0.05, 0) is 81.9 Å². The summed E-state index contributed by atoms with van der Waals surface area (Å²) in [6, 6.07) is 59.6. The largest absolute Gasteiger partial charge is 0.344 e. The molecule has 0 saturated carbocycles. The lowest BCUT2D eigenvalue weighted by atomic mass is 10.00. The van der Waals surface area contributed by atoms with E-state index in [0.717, 1.165) is 5.69 Å². The molecule has 2 aromatic heterocycles. The smallest absolute Gasteiger partial charge is 0.0541 e. The van der Waals surface area contributed by atoms with E-state index in [1.807, 2.05) is 0 Å². The number of para-hydroxylation sites is 2. The molecule has 212 valence electrons. The van der Waals surface area contributed by atoms with Crippen molar-refractivity contribution in [2.75, 3.05) is 0 Å². The predicted octanol–water partition coefficient (Wildman–Crippen LogP) is 11.4. The summed E-state index contributed by atoms with van der Waals surface area (Å²) in [5, 5.41) is 5.12. The van der Waals surface area contributed by atoms with Gasteiger partial charge in [0, 0.05) is 45.3 Å². The molecule has 0 amide bonds. The number of benzene rings is 7. The second-order valence-corrected chi connectivity index (χ2v) is 11.9. The van der Waals surface area contributed by atoms with E-state index in [-0.39, 0.29) is 0 Å². The average Bonchev–Trinajstić information content (AvgIpc) is 3.60. The Morgan fingerprint density at radius 1 is 0.311 bits per heavy atom. The van der Waals surface area contributed by atoms with Crippen LogP contribution < -0.4 is 0 Å². The van der Waals surface area contributed by atoms with E-state index in [4.69, 9.17) is 0 Å². The number of nitrogens with zero attached hydrogens (tertiary/aromatic N) is 2. The molecule has 2 nitrogen and oxygen atoms in total. The Labute approximate surface area is 262 Å². The lowest BCUT2D eigenvalue weighted by Gasteiger charge is -2.10. The molecule has 0 saturated heterocycles. The third-order valence-electron chi connectivity index (χ3n) is 9.37. The number of hydrogen-bond donors (Lipinski definition) is 0. The van der Waals surface area contributed by atoms with E-state index in [2.05, 4.69) is 180 Å². The third-order valence-corrected chi connectivity index (χ3v) is 9.37. The van der Waals surface area contributed by atoms with Gasteiger partial charge in [0.2, 0.25) is 0 Å². The van der Waals surface area contributed by atoms with Gasteiger partial charge in [-0.25, -0.2) is 0 Å². The normalized spacial score (nSPS) is 11.7. The van der Waals surface area contributed by atoms with Crippen molar-refractivity contribution in [2.45, 2.75) is 0 Å². The molecule has 0 N–H and O–H groups in total. The van der Waals surface area contributed by atoms with Crippen molar-refractivity contribution < 1.29 is 0 Å². The fourth-order valence-corrected chi connectivity index (χ4v) is 7.07. The Morgan fingerprint density at radius 2 is 0.711 bits per heavy atom. The van der Waals surface area contributed by atoms with Crippen LogP contribution in [0.4, 0.5) is 0 Å². The number of aromatic nitrogens is 2. The quantitative estimate of drug-likeness (QED) is 0.198. The first-order valence-electron chi connectivity index (χ1n) is 15.5. The highest BCUT2D eigenvalue weighted by atomic mass is 15.0. The minimum atomic E-state index is 1.16. The topological polar surface area (TPSA) is 9.86 Å². The first-order valence-corrected chi connectivity index (χ1v) is 15.5. The average molecular weight is 575 g/mol. The molecular weight excluding hydrogens is 544 g/mol. The summed E-state index contributed by atoms with van der Waals surface area (Å²) in [7, 11) is 2.15. The predicted molar refractivity (Wildman–Crippen MR) is 191 cm³/mol. The summed E-state index contributed by atoms with van der Waals surface area (Å²) < 4.78 is 4.68. The fourth-order valence-electron chi connectivity index (χ4n) is 7.07. The number of fused-ring (bicyclic) bond motifs is 6. The molecule has 0 aliphatic carbocycles. The van der Waals surface area contributed by atoms with Crippen LogP contribution in [0.15, 0.2) is 164 Å². The molecule has 0 aliphatic rings. The van der Waals surface area contributed by atoms with Crippen molar-refractivity contribution in [3.8, 4) is 39.1 Å². The zero-order chi connectivity index (χ0) is 29.9. The Bertz CT molecular complexity index is 2510. The monoisotopic (exact) mass is 574 g/mol.